The van der Waals surface area contributed by atoms with E-state index in [2.05, 4.69) is 12.2 Å². The normalized spacial score (nSPS) is 14.7. The lowest BCUT2D eigenvalue weighted by Gasteiger charge is -2.07. The highest BCUT2D eigenvalue weighted by Crippen LogP contribution is 2.31. The highest BCUT2D eigenvalue weighted by atomic mass is 32.2. The average molecular weight is 447 g/mol. The first-order valence-electron chi connectivity index (χ1n) is 10.8. The number of amides is 1. The summed E-state index contributed by atoms with van der Waals surface area (Å²) in [7, 11) is 0. The molecule has 7 heteroatoms. The number of thioether (sulfide) groups is 1. The number of hydrogen-bond donors (Lipinski definition) is 2. The summed E-state index contributed by atoms with van der Waals surface area (Å²) in [6.07, 6.45) is 8.40. The van der Waals surface area contributed by atoms with Crippen molar-refractivity contribution in [2.45, 2.75) is 32.6 Å². The van der Waals surface area contributed by atoms with E-state index in [4.69, 9.17) is 15.2 Å². The van der Waals surface area contributed by atoms with Crippen LogP contribution in [0.2, 0.25) is 0 Å². The van der Waals surface area contributed by atoms with Crippen molar-refractivity contribution in [1.29, 1.82) is 5.41 Å². The summed E-state index contributed by atoms with van der Waals surface area (Å²) in [6, 6.07) is 17.7. The van der Waals surface area contributed by atoms with Crippen LogP contribution < -0.4 is 10.1 Å². The maximum atomic E-state index is 12.1. The van der Waals surface area contributed by atoms with Gasteiger partial charge in [-0.15, -0.1) is 0 Å². The summed E-state index contributed by atoms with van der Waals surface area (Å²) in [5.74, 6) is 0.581. The fourth-order valence-corrected chi connectivity index (χ4v) is 4.13. The van der Waals surface area contributed by atoms with Gasteiger partial charge in [0.15, 0.2) is 5.17 Å². The molecule has 164 valence electrons. The molecular formula is C25H26N4O2S. The average Bonchev–Trinajstić information content (AvgIpc) is 3.37. The Bertz CT molecular complexity index is 1120. The highest BCUT2D eigenvalue weighted by molar-refractivity contribution is 8.18. The van der Waals surface area contributed by atoms with Crippen LogP contribution >= 0.6 is 11.8 Å². The SMILES string of the molecule is CCCCCCOc1ccc(-c2nn(-c3ccccc3)cc2/C=C2\SC(=N)NC2=O)cc1. The summed E-state index contributed by atoms with van der Waals surface area (Å²) in [6.45, 7) is 2.92. The van der Waals surface area contributed by atoms with Gasteiger partial charge in [-0.25, -0.2) is 4.68 Å². The molecular weight excluding hydrogens is 420 g/mol. The molecule has 0 aliphatic carbocycles. The molecule has 0 unspecified atom stereocenters. The lowest BCUT2D eigenvalue weighted by Crippen LogP contribution is -2.18. The molecule has 0 atom stereocenters. The lowest BCUT2D eigenvalue weighted by atomic mass is 10.1. The lowest BCUT2D eigenvalue weighted by molar-refractivity contribution is -0.115. The number of carbonyl (C=O) groups excluding carboxylic acids is 1. The van der Waals surface area contributed by atoms with Crippen LogP contribution in [0.15, 0.2) is 65.7 Å². The molecule has 1 fully saturated rings. The zero-order valence-electron chi connectivity index (χ0n) is 18.0. The van der Waals surface area contributed by atoms with Crippen molar-refractivity contribution in [2.75, 3.05) is 6.61 Å². The minimum Gasteiger partial charge on any atom is -0.494 e. The van der Waals surface area contributed by atoms with Gasteiger partial charge in [0, 0.05) is 17.3 Å². The Balaban J connectivity index is 1.60. The maximum Gasteiger partial charge on any atom is 0.264 e. The number of para-hydroxylation sites is 1. The number of carbonyl (C=O) groups is 1. The summed E-state index contributed by atoms with van der Waals surface area (Å²) >= 11 is 1.12. The number of hydrogen-bond acceptors (Lipinski definition) is 5. The third-order valence-corrected chi connectivity index (χ3v) is 5.94. The van der Waals surface area contributed by atoms with Crippen molar-refractivity contribution in [2.24, 2.45) is 0 Å². The molecule has 4 rings (SSSR count). The van der Waals surface area contributed by atoms with Gasteiger partial charge < -0.3 is 10.1 Å². The minimum absolute atomic E-state index is 0.138. The summed E-state index contributed by atoms with van der Waals surface area (Å²) in [5, 5.41) is 15.2. The minimum atomic E-state index is -0.259. The quantitative estimate of drug-likeness (QED) is 0.329. The Morgan fingerprint density at radius 1 is 1.09 bits per heavy atom. The Labute approximate surface area is 192 Å². The monoisotopic (exact) mass is 446 g/mol. The van der Waals surface area contributed by atoms with Crippen LogP contribution in [0.4, 0.5) is 0 Å². The molecule has 2 N–H and O–H groups in total. The smallest absolute Gasteiger partial charge is 0.264 e. The molecule has 1 aromatic heterocycles. The second-order valence-corrected chi connectivity index (χ2v) is 8.59. The number of aromatic nitrogens is 2. The van der Waals surface area contributed by atoms with Gasteiger partial charge in [0.1, 0.15) is 5.75 Å². The van der Waals surface area contributed by atoms with E-state index in [1.54, 1.807) is 6.08 Å². The van der Waals surface area contributed by atoms with E-state index < -0.39 is 0 Å². The third-order valence-electron chi connectivity index (χ3n) is 5.11. The number of amidine groups is 1. The molecule has 2 aromatic carbocycles. The zero-order valence-corrected chi connectivity index (χ0v) is 18.8. The fraction of sp³-hybridized carbons (Fsp3) is 0.240. The summed E-state index contributed by atoms with van der Waals surface area (Å²) in [4.78, 5) is 12.6. The topological polar surface area (TPSA) is 80.0 Å². The van der Waals surface area contributed by atoms with Gasteiger partial charge in [0.2, 0.25) is 0 Å². The van der Waals surface area contributed by atoms with Crippen LogP contribution in [0.25, 0.3) is 23.0 Å². The van der Waals surface area contributed by atoms with Gasteiger partial charge in [-0.1, -0.05) is 44.4 Å². The number of nitrogens with zero attached hydrogens (tertiary/aromatic N) is 2. The predicted molar refractivity (Wildman–Crippen MR) is 130 cm³/mol. The van der Waals surface area contributed by atoms with Crippen LogP contribution in [0, 0.1) is 5.41 Å². The van der Waals surface area contributed by atoms with Crippen molar-refractivity contribution < 1.29 is 9.53 Å². The van der Waals surface area contributed by atoms with Gasteiger partial charge >= 0.3 is 0 Å². The molecule has 3 aromatic rings. The van der Waals surface area contributed by atoms with Gasteiger partial charge in [0.25, 0.3) is 5.91 Å². The van der Waals surface area contributed by atoms with E-state index >= 15 is 0 Å². The van der Waals surface area contributed by atoms with Crippen molar-refractivity contribution in [3.05, 3.63) is 71.3 Å². The predicted octanol–water partition coefficient (Wildman–Crippen LogP) is 5.64. The maximum absolute atomic E-state index is 12.1. The largest absolute Gasteiger partial charge is 0.494 e. The molecule has 0 radical (unpaired) electrons. The van der Waals surface area contributed by atoms with E-state index in [-0.39, 0.29) is 11.1 Å². The van der Waals surface area contributed by atoms with Crippen LogP contribution in [0.1, 0.15) is 38.2 Å². The number of unbranched alkanes of at least 4 members (excludes halogenated alkanes) is 3. The van der Waals surface area contributed by atoms with Crippen LogP contribution in [0.3, 0.4) is 0 Å². The summed E-state index contributed by atoms with van der Waals surface area (Å²) in [5.41, 5.74) is 3.45. The number of ether oxygens (including phenoxy) is 1. The first-order valence-corrected chi connectivity index (χ1v) is 11.6. The Hall–Kier alpha value is -3.32. The zero-order chi connectivity index (χ0) is 22.3. The Kier molecular flexibility index (Phi) is 7.07. The fourth-order valence-electron chi connectivity index (χ4n) is 3.44. The highest BCUT2D eigenvalue weighted by Gasteiger charge is 2.23. The van der Waals surface area contributed by atoms with Crippen molar-refractivity contribution >= 4 is 28.9 Å². The molecule has 1 aliphatic rings. The summed E-state index contributed by atoms with van der Waals surface area (Å²) < 4.78 is 7.67. The molecule has 1 saturated heterocycles. The molecule has 32 heavy (non-hydrogen) atoms. The van der Waals surface area contributed by atoms with Gasteiger partial charge in [0.05, 0.1) is 22.9 Å². The molecule has 0 bridgehead atoms. The molecule has 2 heterocycles. The van der Waals surface area contributed by atoms with Crippen molar-refractivity contribution in [3.63, 3.8) is 0 Å². The second-order valence-electron chi connectivity index (χ2n) is 7.54. The number of rotatable bonds is 9. The molecule has 6 nitrogen and oxygen atoms in total. The van der Waals surface area contributed by atoms with E-state index in [1.807, 2.05) is 65.5 Å². The molecule has 0 spiro atoms. The third kappa shape index (κ3) is 5.29. The van der Waals surface area contributed by atoms with E-state index in [0.29, 0.717) is 4.91 Å². The van der Waals surface area contributed by atoms with Gasteiger partial charge in [-0.2, -0.15) is 5.10 Å². The van der Waals surface area contributed by atoms with Gasteiger partial charge in [-0.05, 0) is 60.7 Å². The molecule has 0 saturated carbocycles. The van der Waals surface area contributed by atoms with Crippen molar-refractivity contribution in [3.8, 4) is 22.7 Å². The van der Waals surface area contributed by atoms with Crippen LogP contribution in [0.5, 0.6) is 5.75 Å². The van der Waals surface area contributed by atoms with Gasteiger partial charge in [-0.3, -0.25) is 10.2 Å². The van der Waals surface area contributed by atoms with Crippen LogP contribution in [-0.2, 0) is 4.79 Å². The Morgan fingerprint density at radius 3 is 2.56 bits per heavy atom. The number of nitrogens with one attached hydrogen (secondary N) is 2. The standard InChI is InChI=1S/C25H26N4O2S/c1-2-3-4-8-15-31-21-13-11-18(12-14-21)23-19(16-22-24(30)27-25(26)32-22)17-29(28-23)20-9-6-5-7-10-20/h5-7,9-14,16-17H,2-4,8,15H2,1H3,(H2,26,27,30)/b22-16-. The first kappa shape index (κ1) is 21.9. The van der Waals surface area contributed by atoms with Crippen LogP contribution in [-0.4, -0.2) is 27.5 Å². The van der Waals surface area contributed by atoms with E-state index in [0.717, 1.165) is 53.0 Å². The number of benzene rings is 2. The molecule has 1 aliphatic heterocycles. The first-order chi connectivity index (χ1) is 15.6. The Morgan fingerprint density at radius 2 is 1.88 bits per heavy atom. The molecule has 1 amide bonds. The second kappa shape index (κ2) is 10.3. The van der Waals surface area contributed by atoms with Crippen molar-refractivity contribution in [1.82, 2.24) is 15.1 Å². The van der Waals surface area contributed by atoms with E-state index in [9.17, 15) is 4.79 Å². The van der Waals surface area contributed by atoms with E-state index in [1.165, 1.54) is 19.3 Å².